The van der Waals surface area contributed by atoms with Crippen LogP contribution in [-0.2, 0) is 16.0 Å². The van der Waals surface area contributed by atoms with Crippen LogP contribution in [0.4, 0.5) is 11.4 Å². The molecule has 0 bridgehead atoms. The van der Waals surface area contributed by atoms with Gasteiger partial charge in [0.15, 0.2) is 0 Å². The minimum atomic E-state index is -0.789. The number of aliphatic hydroxyl groups is 1. The van der Waals surface area contributed by atoms with E-state index in [1.54, 1.807) is 31.2 Å². The molecule has 1 saturated heterocycles. The van der Waals surface area contributed by atoms with Crippen molar-refractivity contribution in [1.82, 2.24) is 4.90 Å². The summed E-state index contributed by atoms with van der Waals surface area (Å²) in [5, 5.41) is 15.8. The average Bonchev–Trinajstić information content (AvgIpc) is 3.10. The number of carbonyl (C=O) groups excluding carboxylic acids is 2. The van der Waals surface area contributed by atoms with Crippen molar-refractivity contribution in [2.24, 2.45) is 10.5 Å². The van der Waals surface area contributed by atoms with E-state index in [4.69, 9.17) is 9.84 Å². The van der Waals surface area contributed by atoms with E-state index in [-0.39, 0.29) is 24.5 Å². The number of amides is 1. The third-order valence-corrected chi connectivity index (χ3v) is 7.31. The highest BCUT2D eigenvalue weighted by Gasteiger charge is 2.59. The van der Waals surface area contributed by atoms with Gasteiger partial charge in [-0.3, -0.25) is 9.69 Å². The van der Waals surface area contributed by atoms with Crippen molar-refractivity contribution in [3.8, 4) is 0 Å². The Balaban J connectivity index is 1.51. The van der Waals surface area contributed by atoms with Crippen molar-refractivity contribution < 1.29 is 19.4 Å². The Morgan fingerprint density at radius 3 is 2.68 bits per heavy atom. The van der Waals surface area contributed by atoms with Crippen LogP contribution in [0.5, 0.6) is 0 Å². The van der Waals surface area contributed by atoms with E-state index in [1.165, 1.54) is 10.7 Å². The van der Waals surface area contributed by atoms with E-state index in [1.807, 2.05) is 19.1 Å². The van der Waals surface area contributed by atoms with Crippen LogP contribution in [0.1, 0.15) is 29.8 Å². The lowest BCUT2D eigenvalue weighted by Crippen LogP contribution is -2.67. The first-order valence-electron chi connectivity index (χ1n) is 11.8. The van der Waals surface area contributed by atoms with Gasteiger partial charge >= 0.3 is 5.97 Å². The molecule has 1 amide bonds. The Labute approximate surface area is 199 Å². The number of aliphatic hydroxyl groups excluding tert-OH is 1. The molecule has 3 aliphatic heterocycles. The van der Waals surface area contributed by atoms with Crippen LogP contribution in [0.2, 0.25) is 0 Å². The lowest BCUT2D eigenvalue weighted by Gasteiger charge is -2.53. The zero-order valence-electron chi connectivity index (χ0n) is 19.6. The number of anilines is 2. The Bertz CT molecular complexity index is 1130. The topological polar surface area (TPSA) is 85.7 Å². The van der Waals surface area contributed by atoms with Gasteiger partial charge in [-0.25, -0.2) is 4.79 Å². The summed E-state index contributed by atoms with van der Waals surface area (Å²) in [5.74, 6) is -0.437. The fourth-order valence-corrected chi connectivity index (χ4v) is 5.60. The maximum Gasteiger partial charge on any atom is 0.338 e. The zero-order valence-corrected chi connectivity index (χ0v) is 19.6. The van der Waals surface area contributed by atoms with Gasteiger partial charge in [0.25, 0.3) is 5.91 Å². The maximum atomic E-state index is 14.2. The second-order valence-corrected chi connectivity index (χ2v) is 9.08. The molecule has 1 spiro atoms. The molecule has 0 radical (unpaired) electrons. The van der Waals surface area contributed by atoms with E-state index < -0.39 is 5.41 Å². The first-order valence-corrected chi connectivity index (χ1v) is 11.8. The summed E-state index contributed by atoms with van der Waals surface area (Å²) < 4.78 is 5.07. The van der Waals surface area contributed by atoms with Gasteiger partial charge in [0.1, 0.15) is 5.41 Å². The molecule has 5 rings (SSSR count). The third kappa shape index (κ3) is 3.49. The van der Waals surface area contributed by atoms with Crippen molar-refractivity contribution in [1.29, 1.82) is 0 Å². The Hall–Kier alpha value is -3.23. The molecule has 0 unspecified atom stereocenters. The number of hydrazone groups is 1. The molecule has 2 atom stereocenters. The molecular weight excluding hydrogens is 432 g/mol. The standard InChI is InChI=1S/C26H30N4O4/c1-3-34-24(32)19-8-10-21(11-9-19)30-25(33)26(18(2)27-30)16-20-6-4-5-7-22(20)29-13-12-28(14-15-31)17-23(26)29/h4-11,23,31H,3,12-17H2,1-2H3/t23-,26-/m1/s1. The second kappa shape index (κ2) is 8.85. The van der Waals surface area contributed by atoms with Gasteiger partial charge in [0.2, 0.25) is 0 Å². The molecule has 8 nitrogen and oxygen atoms in total. The van der Waals surface area contributed by atoms with Crippen LogP contribution in [0, 0.1) is 5.41 Å². The van der Waals surface area contributed by atoms with Crippen LogP contribution in [-0.4, -0.2) is 73.0 Å². The van der Waals surface area contributed by atoms with Gasteiger partial charge in [-0.05, 0) is 56.2 Å². The number of esters is 1. The molecule has 178 valence electrons. The average molecular weight is 463 g/mol. The molecule has 0 aromatic heterocycles. The Kier molecular flexibility index (Phi) is 5.87. The van der Waals surface area contributed by atoms with Gasteiger partial charge < -0.3 is 14.7 Å². The highest BCUT2D eigenvalue weighted by molar-refractivity contribution is 6.20. The molecule has 2 aromatic rings. The van der Waals surface area contributed by atoms with Crippen molar-refractivity contribution >= 4 is 29.0 Å². The number of ether oxygens (including phenoxy) is 1. The molecule has 3 heterocycles. The Morgan fingerprint density at radius 1 is 1.18 bits per heavy atom. The van der Waals surface area contributed by atoms with Crippen molar-refractivity contribution in [3.63, 3.8) is 0 Å². The number of nitrogens with zero attached hydrogens (tertiary/aromatic N) is 4. The molecule has 1 N–H and O–H groups in total. The SMILES string of the molecule is CCOC(=O)c1ccc(N2N=C(C)[C@@]3(Cc4ccccc4N4CCN(CCO)C[C@@H]43)C2=O)cc1. The fourth-order valence-electron chi connectivity index (χ4n) is 5.60. The summed E-state index contributed by atoms with van der Waals surface area (Å²) in [6, 6.07) is 15.0. The monoisotopic (exact) mass is 462 g/mol. The maximum absolute atomic E-state index is 14.2. The van der Waals surface area contributed by atoms with Crippen molar-refractivity contribution in [3.05, 3.63) is 59.7 Å². The zero-order chi connectivity index (χ0) is 23.9. The minimum absolute atomic E-state index is 0.0516. The van der Waals surface area contributed by atoms with Crippen LogP contribution in [0.25, 0.3) is 0 Å². The number of benzene rings is 2. The number of hydrogen-bond donors (Lipinski definition) is 1. The quantitative estimate of drug-likeness (QED) is 0.687. The van der Waals surface area contributed by atoms with Gasteiger partial charge in [-0.2, -0.15) is 10.1 Å². The predicted octanol–water partition coefficient (Wildman–Crippen LogP) is 2.31. The molecular formula is C26H30N4O4. The van der Waals surface area contributed by atoms with E-state index in [0.717, 1.165) is 24.4 Å². The summed E-state index contributed by atoms with van der Waals surface area (Å²) in [5.41, 5.74) is 3.40. The minimum Gasteiger partial charge on any atom is -0.462 e. The van der Waals surface area contributed by atoms with E-state index in [9.17, 15) is 14.7 Å². The summed E-state index contributed by atoms with van der Waals surface area (Å²) in [7, 11) is 0. The predicted molar refractivity (Wildman–Crippen MR) is 130 cm³/mol. The highest BCUT2D eigenvalue weighted by atomic mass is 16.5. The van der Waals surface area contributed by atoms with Gasteiger partial charge in [-0.1, -0.05) is 18.2 Å². The van der Waals surface area contributed by atoms with Crippen LogP contribution in [0.3, 0.4) is 0 Å². The first kappa shape index (κ1) is 22.6. The lowest BCUT2D eigenvalue weighted by molar-refractivity contribution is -0.125. The fraction of sp³-hybridized carbons (Fsp3) is 0.423. The van der Waals surface area contributed by atoms with Crippen LogP contribution < -0.4 is 9.91 Å². The van der Waals surface area contributed by atoms with Crippen LogP contribution >= 0.6 is 0 Å². The van der Waals surface area contributed by atoms with Crippen molar-refractivity contribution in [2.75, 3.05) is 49.3 Å². The molecule has 2 aromatic carbocycles. The number of rotatable bonds is 5. The Morgan fingerprint density at radius 2 is 1.94 bits per heavy atom. The highest BCUT2D eigenvalue weighted by Crippen LogP contribution is 2.48. The van der Waals surface area contributed by atoms with Crippen molar-refractivity contribution in [2.45, 2.75) is 26.3 Å². The summed E-state index contributed by atoms with van der Waals surface area (Å²) >= 11 is 0. The molecule has 3 aliphatic rings. The number of hydrogen-bond acceptors (Lipinski definition) is 7. The summed E-state index contributed by atoms with van der Waals surface area (Å²) in [6.07, 6.45) is 0.586. The van der Waals surface area contributed by atoms with E-state index in [2.05, 4.69) is 21.9 Å². The smallest absolute Gasteiger partial charge is 0.338 e. The number of piperazine rings is 1. The number of para-hydroxylation sites is 1. The first-order chi connectivity index (χ1) is 16.5. The molecule has 34 heavy (non-hydrogen) atoms. The molecule has 0 aliphatic carbocycles. The second-order valence-electron chi connectivity index (χ2n) is 9.08. The number of carbonyl (C=O) groups is 2. The lowest BCUT2D eigenvalue weighted by atomic mass is 9.67. The molecule has 0 saturated carbocycles. The number of fused-ring (bicyclic) bond motifs is 4. The molecule has 1 fully saturated rings. The van der Waals surface area contributed by atoms with E-state index in [0.29, 0.717) is 37.4 Å². The normalized spacial score (nSPS) is 24.1. The largest absolute Gasteiger partial charge is 0.462 e. The third-order valence-electron chi connectivity index (χ3n) is 7.31. The van der Waals surface area contributed by atoms with Gasteiger partial charge in [0, 0.05) is 31.9 Å². The van der Waals surface area contributed by atoms with E-state index >= 15 is 0 Å². The van der Waals surface area contributed by atoms with Crippen LogP contribution in [0.15, 0.2) is 53.6 Å². The number of β-amino-alcohol motifs (C(OH)–C–C–N with tert-alkyl or cyclic N) is 1. The summed E-state index contributed by atoms with van der Waals surface area (Å²) in [6.45, 7) is 7.02. The van der Waals surface area contributed by atoms with Gasteiger partial charge in [0.05, 0.1) is 36.2 Å². The molecule has 8 heteroatoms. The van der Waals surface area contributed by atoms with Gasteiger partial charge in [-0.15, -0.1) is 0 Å². The summed E-state index contributed by atoms with van der Waals surface area (Å²) in [4.78, 5) is 30.8.